The Labute approximate surface area is 166 Å². The van der Waals surface area contributed by atoms with Gasteiger partial charge in [0.05, 0.1) is 0 Å². The number of rotatable bonds is 6. The molecule has 1 amide bonds. The second-order valence-corrected chi connectivity index (χ2v) is 7.66. The summed E-state index contributed by atoms with van der Waals surface area (Å²) < 4.78 is 88.8. The lowest BCUT2D eigenvalue weighted by atomic mass is 10.3. The maximum absolute atomic E-state index is 13.2. The molecule has 29 heavy (non-hydrogen) atoms. The zero-order valence-corrected chi connectivity index (χ0v) is 16.2. The molecule has 15 heteroatoms. The predicted molar refractivity (Wildman–Crippen MR) is 91.5 cm³/mol. The Bertz CT molecular complexity index is 1040. The number of carbonyl (C=O) groups excluding carboxylic acids is 1. The van der Waals surface area contributed by atoms with E-state index in [9.17, 15) is 35.2 Å². The van der Waals surface area contributed by atoms with Crippen LogP contribution in [-0.2, 0) is 17.1 Å². The Morgan fingerprint density at radius 2 is 1.86 bits per heavy atom. The van der Waals surface area contributed by atoms with Gasteiger partial charge in [0.2, 0.25) is 5.03 Å². The lowest BCUT2D eigenvalue weighted by molar-refractivity contribution is -0.152. The van der Waals surface area contributed by atoms with Crippen molar-refractivity contribution < 1.29 is 35.2 Å². The van der Waals surface area contributed by atoms with E-state index in [1.165, 1.54) is 4.83 Å². The molecular weight excluding hydrogens is 449 g/mol. The summed E-state index contributed by atoms with van der Waals surface area (Å²) >= 11 is 5.89. The van der Waals surface area contributed by atoms with Crippen LogP contribution in [0.25, 0.3) is 0 Å². The van der Waals surface area contributed by atoms with Gasteiger partial charge >= 0.3 is 6.18 Å². The third-order valence-corrected chi connectivity index (χ3v) is 5.16. The van der Waals surface area contributed by atoms with E-state index < -0.39 is 55.5 Å². The predicted octanol–water partition coefficient (Wildman–Crippen LogP) is 2.34. The molecule has 1 aromatic carbocycles. The minimum absolute atomic E-state index is 0.158. The summed E-state index contributed by atoms with van der Waals surface area (Å²) in [6.45, 7) is 0.670. The van der Waals surface area contributed by atoms with Crippen molar-refractivity contribution in [3.63, 3.8) is 0 Å². The van der Waals surface area contributed by atoms with Crippen LogP contribution in [0.15, 0.2) is 23.2 Å². The van der Waals surface area contributed by atoms with Crippen LogP contribution < -0.4 is 15.6 Å². The molecule has 1 unspecified atom stereocenters. The first-order valence-electron chi connectivity index (χ1n) is 7.57. The van der Waals surface area contributed by atoms with Crippen molar-refractivity contribution >= 4 is 33.2 Å². The zero-order valence-electron chi connectivity index (χ0n) is 14.6. The number of hydrazine groups is 1. The number of halogens is 6. The van der Waals surface area contributed by atoms with Gasteiger partial charge in [-0.25, -0.2) is 22.6 Å². The maximum Gasteiger partial charge on any atom is 0.404 e. The number of nitrogens with one attached hydrogen (secondary N) is 3. The van der Waals surface area contributed by atoms with E-state index in [0.29, 0.717) is 13.0 Å². The van der Waals surface area contributed by atoms with Gasteiger partial charge in [-0.1, -0.05) is 11.6 Å². The minimum Gasteiger partial charge on any atom is -0.321 e. The summed E-state index contributed by atoms with van der Waals surface area (Å²) in [5, 5.41) is 4.10. The SMILES string of the molecule is CC(NNS(=O)(=O)c1nn(C)c(C(=O)Nc2ccc(F)c(F)c2)c1Cl)C(F)(F)F. The van der Waals surface area contributed by atoms with Crippen molar-refractivity contribution in [1.82, 2.24) is 20.0 Å². The lowest BCUT2D eigenvalue weighted by Gasteiger charge is -2.17. The summed E-state index contributed by atoms with van der Waals surface area (Å²) in [4.78, 5) is 13.8. The Morgan fingerprint density at radius 1 is 1.24 bits per heavy atom. The van der Waals surface area contributed by atoms with Gasteiger partial charge in [0.1, 0.15) is 16.8 Å². The monoisotopic (exact) mass is 461 g/mol. The third-order valence-electron chi connectivity index (χ3n) is 3.51. The molecule has 0 saturated heterocycles. The van der Waals surface area contributed by atoms with Crippen LogP contribution in [0.3, 0.4) is 0 Å². The molecule has 0 bridgehead atoms. The first kappa shape index (κ1) is 23.0. The van der Waals surface area contributed by atoms with Crippen molar-refractivity contribution in [1.29, 1.82) is 0 Å². The fraction of sp³-hybridized carbons (Fsp3) is 0.286. The van der Waals surface area contributed by atoms with Crippen LogP contribution in [-0.4, -0.2) is 36.3 Å². The van der Waals surface area contributed by atoms with Gasteiger partial charge in [0.15, 0.2) is 11.6 Å². The van der Waals surface area contributed by atoms with Gasteiger partial charge in [-0.15, -0.1) is 4.83 Å². The molecule has 2 aromatic rings. The molecule has 0 aliphatic carbocycles. The molecule has 2 rings (SSSR count). The zero-order chi connectivity index (χ0) is 22.1. The first-order valence-corrected chi connectivity index (χ1v) is 9.43. The number of hydrogen-bond donors (Lipinski definition) is 3. The highest BCUT2D eigenvalue weighted by Crippen LogP contribution is 2.26. The molecule has 1 aromatic heterocycles. The highest BCUT2D eigenvalue weighted by atomic mass is 35.5. The quantitative estimate of drug-likeness (QED) is 0.452. The van der Waals surface area contributed by atoms with Crippen LogP contribution in [0.1, 0.15) is 17.4 Å². The van der Waals surface area contributed by atoms with Crippen LogP contribution >= 0.6 is 11.6 Å². The van der Waals surface area contributed by atoms with E-state index in [-0.39, 0.29) is 5.69 Å². The fourth-order valence-corrected chi connectivity index (χ4v) is 3.49. The van der Waals surface area contributed by atoms with Crippen molar-refractivity contribution in [3.05, 3.63) is 40.6 Å². The number of aryl methyl sites for hydroxylation is 1. The Kier molecular flexibility index (Phi) is 6.51. The van der Waals surface area contributed by atoms with E-state index in [4.69, 9.17) is 11.6 Å². The number of alkyl halides is 3. The molecular formula is C14H13ClF5N5O3S. The van der Waals surface area contributed by atoms with Crippen molar-refractivity contribution in [2.75, 3.05) is 5.32 Å². The number of benzene rings is 1. The molecule has 160 valence electrons. The van der Waals surface area contributed by atoms with E-state index >= 15 is 0 Å². The number of nitrogens with zero attached hydrogens (tertiary/aromatic N) is 2. The van der Waals surface area contributed by atoms with E-state index in [1.807, 2.05) is 0 Å². The number of anilines is 1. The molecule has 1 atom stereocenters. The van der Waals surface area contributed by atoms with Gasteiger partial charge in [0, 0.05) is 18.8 Å². The van der Waals surface area contributed by atoms with Gasteiger partial charge in [0.25, 0.3) is 15.9 Å². The minimum atomic E-state index is -4.73. The molecule has 0 radical (unpaired) electrons. The van der Waals surface area contributed by atoms with Crippen molar-refractivity contribution in [3.8, 4) is 0 Å². The van der Waals surface area contributed by atoms with Crippen LogP contribution in [0.4, 0.5) is 27.6 Å². The highest BCUT2D eigenvalue weighted by Gasteiger charge is 2.37. The third kappa shape index (κ3) is 5.20. The number of sulfonamides is 1. The second kappa shape index (κ2) is 8.22. The summed E-state index contributed by atoms with van der Waals surface area (Å²) in [6.07, 6.45) is -4.73. The first-order chi connectivity index (χ1) is 13.2. The number of hydrogen-bond acceptors (Lipinski definition) is 5. The normalized spacial score (nSPS) is 13.4. The molecule has 1 heterocycles. The van der Waals surface area contributed by atoms with E-state index in [0.717, 1.165) is 23.9 Å². The topological polar surface area (TPSA) is 105 Å². The summed E-state index contributed by atoms with van der Waals surface area (Å²) in [6, 6.07) is 0.251. The summed E-state index contributed by atoms with van der Waals surface area (Å²) in [5.74, 6) is -3.41. The van der Waals surface area contributed by atoms with Crippen LogP contribution in [0.5, 0.6) is 0 Å². The van der Waals surface area contributed by atoms with E-state index in [2.05, 4.69) is 10.4 Å². The van der Waals surface area contributed by atoms with Gasteiger partial charge in [-0.3, -0.25) is 9.48 Å². The average Bonchev–Trinajstić information content (AvgIpc) is 2.90. The molecule has 0 saturated carbocycles. The highest BCUT2D eigenvalue weighted by molar-refractivity contribution is 7.89. The van der Waals surface area contributed by atoms with Crippen LogP contribution in [0.2, 0.25) is 5.02 Å². The molecule has 0 fully saturated rings. The number of carbonyl (C=O) groups is 1. The standard InChI is InChI=1S/C14H13ClF5N5O3S/c1-6(14(18,19)20)22-24-29(27,28)13-10(15)11(25(2)23-13)12(26)21-7-3-4-8(16)9(17)5-7/h3-6,22,24H,1-2H3,(H,21,26). The fourth-order valence-electron chi connectivity index (χ4n) is 1.95. The second-order valence-electron chi connectivity index (χ2n) is 5.69. The lowest BCUT2D eigenvalue weighted by Crippen LogP contribution is -2.49. The van der Waals surface area contributed by atoms with Gasteiger partial charge < -0.3 is 5.32 Å². The Hall–Kier alpha value is -2.29. The molecule has 8 nitrogen and oxygen atoms in total. The summed E-state index contributed by atoms with van der Waals surface area (Å²) in [5.41, 5.74) is 0.906. The smallest absolute Gasteiger partial charge is 0.321 e. The van der Waals surface area contributed by atoms with Gasteiger partial charge in [-0.05, 0) is 19.1 Å². The Balaban J connectivity index is 2.26. The molecule has 0 spiro atoms. The largest absolute Gasteiger partial charge is 0.404 e. The average molecular weight is 462 g/mol. The Morgan fingerprint density at radius 3 is 2.41 bits per heavy atom. The van der Waals surface area contributed by atoms with Gasteiger partial charge in [-0.2, -0.15) is 18.3 Å². The molecule has 3 N–H and O–H groups in total. The van der Waals surface area contributed by atoms with Crippen molar-refractivity contribution in [2.24, 2.45) is 7.05 Å². The van der Waals surface area contributed by atoms with Crippen molar-refractivity contribution in [2.45, 2.75) is 24.2 Å². The van der Waals surface area contributed by atoms with E-state index in [1.54, 1.807) is 5.43 Å². The number of aromatic nitrogens is 2. The summed E-state index contributed by atoms with van der Waals surface area (Å²) in [7, 11) is -3.53. The molecule has 0 aliphatic rings. The molecule has 0 aliphatic heterocycles. The number of amides is 1. The maximum atomic E-state index is 13.2. The van der Waals surface area contributed by atoms with Crippen LogP contribution in [0, 0.1) is 11.6 Å².